The Bertz CT molecular complexity index is 1550. The second-order valence-corrected chi connectivity index (χ2v) is 9.77. The van der Waals surface area contributed by atoms with Gasteiger partial charge >= 0.3 is 0 Å². The first-order valence-corrected chi connectivity index (χ1v) is 12.3. The Hall–Kier alpha value is -4.10. The molecule has 0 fully saturated rings. The topological polar surface area (TPSA) is 88.1 Å². The van der Waals surface area contributed by atoms with E-state index < -0.39 is 9.84 Å². The molecule has 0 radical (unpaired) electrons. The Labute approximate surface area is 198 Å². The van der Waals surface area contributed by atoms with Crippen LogP contribution in [0.2, 0.25) is 0 Å². The minimum Gasteiger partial charge on any atom is -0.345 e. The Balaban J connectivity index is 1.65. The van der Waals surface area contributed by atoms with Crippen LogP contribution in [-0.2, 0) is 16.4 Å². The lowest BCUT2D eigenvalue weighted by Crippen LogP contribution is -2.11. The number of hydrogen-bond donors (Lipinski definition) is 1. The van der Waals surface area contributed by atoms with E-state index in [1.807, 2.05) is 73.7 Å². The van der Waals surface area contributed by atoms with Gasteiger partial charge in [0.25, 0.3) is 0 Å². The summed E-state index contributed by atoms with van der Waals surface area (Å²) in [5.41, 5.74) is 4.80. The molecule has 0 bridgehead atoms. The van der Waals surface area contributed by atoms with E-state index in [1.54, 1.807) is 30.5 Å². The van der Waals surface area contributed by atoms with Crippen molar-refractivity contribution in [2.24, 2.45) is 4.99 Å². The number of benzene rings is 3. The smallest absolute Gasteiger partial charge is 0.225 e. The van der Waals surface area contributed by atoms with E-state index >= 15 is 0 Å². The van der Waals surface area contributed by atoms with Gasteiger partial charge in [0.15, 0.2) is 10.7 Å². The second kappa shape index (κ2) is 9.03. The van der Waals surface area contributed by atoms with Gasteiger partial charge < -0.3 is 4.98 Å². The van der Waals surface area contributed by atoms with E-state index in [0.29, 0.717) is 16.9 Å². The van der Waals surface area contributed by atoms with Crippen molar-refractivity contribution in [1.82, 2.24) is 15.0 Å². The number of hydrogen-bond acceptors (Lipinski definition) is 5. The predicted octanol–water partition coefficient (Wildman–Crippen LogP) is 5.14. The molecule has 3 aromatic carbocycles. The first kappa shape index (κ1) is 21.7. The van der Waals surface area contributed by atoms with Gasteiger partial charge in [-0.15, -0.1) is 0 Å². The Morgan fingerprint density at radius 1 is 0.853 bits per heavy atom. The van der Waals surface area contributed by atoms with E-state index in [2.05, 4.69) is 15.0 Å². The van der Waals surface area contributed by atoms with Crippen LogP contribution >= 0.6 is 0 Å². The molecule has 0 aliphatic rings. The van der Waals surface area contributed by atoms with E-state index in [4.69, 9.17) is 4.99 Å². The molecule has 0 atom stereocenters. The fraction of sp³-hybridized carbons (Fsp3) is 0.0741. The quantitative estimate of drug-likeness (QED) is 0.351. The van der Waals surface area contributed by atoms with Crippen molar-refractivity contribution in [3.63, 3.8) is 0 Å². The number of nitrogens with one attached hydrogen (secondary N) is 1. The number of nitrogens with zero attached hydrogens (tertiary/aromatic N) is 3. The molecule has 0 aliphatic carbocycles. The molecule has 0 saturated heterocycles. The number of aliphatic imine (C=N–C) groups is 1. The highest BCUT2D eigenvalue weighted by atomic mass is 32.2. The van der Waals surface area contributed by atoms with Gasteiger partial charge in [-0.3, -0.25) is 4.99 Å². The number of aromatic nitrogens is 3. The van der Waals surface area contributed by atoms with Gasteiger partial charge in [0.1, 0.15) is 11.2 Å². The van der Waals surface area contributed by atoms with Gasteiger partial charge in [-0.05, 0) is 30.7 Å². The monoisotopic (exact) mass is 466 g/mol. The summed E-state index contributed by atoms with van der Waals surface area (Å²) in [6, 6.07) is 28.2. The largest absolute Gasteiger partial charge is 0.345 e. The molecule has 6 nitrogen and oxygen atoms in total. The maximum Gasteiger partial charge on any atom is 0.225 e. The zero-order valence-corrected chi connectivity index (χ0v) is 19.3. The van der Waals surface area contributed by atoms with Gasteiger partial charge in [0.2, 0.25) is 9.84 Å². The lowest BCUT2D eigenvalue weighted by molar-refractivity contribution is 0.590. The normalized spacial score (nSPS) is 11.4. The third-order valence-electron chi connectivity index (χ3n) is 5.46. The highest BCUT2D eigenvalue weighted by molar-refractivity contribution is 7.91. The van der Waals surface area contributed by atoms with Gasteiger partial charge in [0.05, 0.1) is 17.2 Å². The van der Waals surface area contributed by atoms with Gasteiger partial charge in [-0.1, -0.05) is 72.8 Å². The van der Waals surface area contributed by atoms with E-state index in [1.165, 1.54) is 0 Å². The zero-order valence-electron chi connectivity index (χ0n) is 18.5. The van der Waals surface area contributed by atoms with Crippen LogP contribution < -0.4 is 0 Å². The molecule has 0 amide bonds. The van der Waals surface area contributed by atoms with Crippen molar-refractivity contribution in [1.29, 1.82) is 0 Å². The van der Waals surface area contributed by atoms with E-state index in [-0.39, 0.29) is 16.5 Å². The molecule has 34 heavy (non-hydrogen) atoms. The SMILES string of the molecule is Cc1cccc(S(=O)(=O)c2nc3[nH]ccc3nc2CN=C(c2ccccc2)c2ccccc2)c1. The molecule has 5 aromatic rings. The minimum atomic E-state index is -3.90. The van der Waals surface area contributed by atoms with Crippen LogP contribution in [0.4, 0.5) is 0 Å². The number of aromatic amines is 1. The summed E-state index contributed by atoms with van der Waals surface area (Å²) >= 11 is 0. The molecule has 1 N–H and O–H groups in total. The lowest BCUT2D eigenvalue weighted by Gasteiger charge is -2.11. The fourth-order valence-electron chi connectivity index (χ4n) is 3.80. The molecule has 0 spiro atoms. The number of H-pyrrole nitrogens is 1. The molecule has 0 unspecified atom stereocenters. The van der Waals surface area contributed by atoms with Crippen LogP contribution in [0.5, 0.6) is 0 Å². The number of sulfone groups is 1. The predicted molar refractivity (Wildman–Crippen MR) is 133 cm³/mol. The molecular formula is C27H22N4O2S. The van der Waals surface area contributed by atoms with Gasteiger partial charge in [-0.25, -0.2) is 18.4 Å². The van der Waals surface area contributed by atoms with E-state index in [9.17, 15) is 8.42 Å². The third-order valence-corrected chi connectivity index (χ3v) is 7.17. The highest BCUT2D eigenvalue weighted by Crippen LogP contribution is 2.25. The molecule has 168 valence electrons. The van der Waals surface area contributed by atoms with Gasteiger partial charge in [0, 0.05) is 17.3 Å². The van der Waals surface area contributed by atoms with Crippen LogP contribution in [0, 0.1) is 6.92 Å². The average Bonchev–Trinajstić information content (AvgIpc) is 3.32. The van der Waals surface area contributed by atoms with Crippen molar-refractivity contribution >= 4 is 26.7 Å². The van der Waals surface area contributed by atoms with Gasteiger partial charge in [-0.2, -0.15) is 0 Å². The molecule has 2 aromatic heterocycles. The van der Waals surface area contributed by atoms with E-state index in [0.717, 1.165) is 22.4 Å². The molecule has 2 heterocycles. The first-order valence-electron chi connectivity index (χ1n) is 10.8. The van der Waals surface area contributed by atoms with Crippen LogP contribution in [0.3, 0.4) is 0 Å². The second-order valence-electron chi connectivity index (χ2n) is 7.90. The summed E-state index contributed by atoms with van der Waals surface area (Å²) in [6.45, 7) is 1.92. The molecule has 7 heteroatoms. The van der Waals surface area contributed by atoms with Crippen LogP contribution in [0.25, 0.3) is 11.2 Å². The molecule has 0 aliphatic heterocycles. The minimum absolute atomic E-state index is 0.0631. The summed E-state index contributed by atoms with van der Waals surface area (Å²) in [5, 5.41) is -0.0859. The summed E-state index contributed by atoms with van der Waals surface area (Å²) in [4.78, 5) is 17.1. The average molecular weight is 467 g/mol. The number of fused-ring (bicyclic) bond motifs is 1. The summed E-state index contributed by atoms with van der Waals surface area (Å²) < 4.78 is 27.2. The molecule has 0 saturated carbocycles. The van der Waals surface area contributed by atoms with Crippen LogP contribution in [0.1, 0.15) is 22.4 Å². The zero-order chi connectivity index (χ0) is 23.5. The summed E-state index contributed by atoms with van der Waals surface area (Å²) in [7, 11) is -3.90. The fourth-order valence-corrected chi connectivity index (χ4v) is 5.25. The molecule has 5 rings (SSSR count). The van der Waals surface area contributed by atoms with Crippen molar-refractivity contribution in [3.8, 4) is 0 Å². The van der Waals surface area contributed by atoms with Crippen molar-refractivity contribution in [2.45, 2.75) is 23.4 Å². The van der Waals surface area contributed by atoms with Crippen molar-refractivity contribution in [3.05, 3.63) is 120 Å². The Morgan fingerprint density at radius 2 is 1.53 bits per heavy atom. The van der Waals surface area contributed by atoms with Crippen LogP contribution in [-0.4, -0.2) is 29.1 Å². The maximum absolute atomic E-state index is 13.6. The van der Waals surface area contributed by atoms with Crippen LogP contribution in [0.15, 0.2) is 112 Å². The lowest BCUT2D eigenvalue weighted by atomic mass is 10.0. The summed E-state index contributed by atoms with van der Waals surface area (Å²) in [5.74, 6) is 0. The summed E-state index contributed by atoms with van der Waals surface area (Å²) in [6.07, 6.45) is 1.69. The van der Waals surface area contributed by atoms with Crippen molar-refractivity contribution < 1.29 is 8.42 Å². The first-order chi connectivity index (χ1) is 16.5. The number of aryl methyl sites for hydroxylation is 1. The Morgan fingerprint density at radius 3 is 2.18 bits per heavy atom. The number of rotatable bonds is 6. The highest BCUT2D eigenvalue weighted by Gasteiger charge is 2.25. The molecular weight excluding hydrogens is 444 g/mol. The van der Waals surface area contributed by atoms with Crippen molar-refractivity contribution in [2.75, 3.05) is 0 Å². The maximum atomic E-state index is 13.6. The Kier molecular flexibility index (Phi) is 5.77. The third kappa shape index (κ3) is 4.25. The standard InChI is InChI=1S/C27H22N4O2S/c1-19-9-8-14-22(17-19)34(32,33)27-24(30-23-15-16-28-26(23)31-27)18-29-25(20-10-4-2-5-11-20)21-12-6-3-7-13-21/h2-17H,18H2,1H3,(H,28,31).